The van der Waals surface area contributed by atoms with Gasteiger partial charge in [-0.25, -0.2) is 0 Å². The summed E-state index contributed by atoms with van der Waals surface area (Å²) in [5.74, 6) is 0.355. The summed E-state index contributed by atoms with van der Waals surface area (Å²) in [6.07, 6.45) is 5.89. The van der Waals surface area contributed by atoms with Crippen LogP contribution >= 0.6 is 0 Å². The van der Waals surface area contributed by atoms with Crippen LogP contribution in [0.25, 0.3) is 0 Å². The molecule has 17 heavy (non-hydrogen) atoms. The fraction of sp³-hybridized carbons (Fsp3) is 0.923. The van der Waals surface area contributed by atoms with Gasteiger partial charge in [0, 0.05) is 0 Å². The van der Waals surface area contributed by atoms with Crippen molar-refractivity contribution in [2.45, 2.75) is 58.9 Å². The first-order valence-electron chi connectivity index (χ1n) is 6.84. The van der Waals surface area contributed by atoms with Crippen LogP contribution in [0.2, 0.25) is 0 Å². The van der Waals surface area contributed by atoms with Crippen LogP contribution in [0.3, 0.4) is 0 Å². The molecule has 0 aromatic heterocycles. The smallest absolute Gasteiger partial charge is 0.156 e. The van der Waals surface area contributed by atoms with Gasteiger partial charge in [-0.2, -0.15) is 0 Å². The minimum atomic E-state index is 0.103. The first-order valence-corrected chi connectivity index (χ1v) is 6.84. The van der Waals surface area contributed by atoms with Gasteiger partial charge in [0.15, 0.2) is 5.84 Å². The Morgan fingerprint density at radius 2 is 1.82 bits per heavy atom. The zero-order chi connectivity index (χ0) is 12.9. The Hall–Kier alpha value is -0.770. The molecule has 1 rings (SSSR count). The highest BCUT2D eigenvalue weighted by atomic mass is 16.4. The summed E-state index contributed by atoms with van der Waals surface area (Å²) >= 11 is 0. The van der Waals surface area contributed by atoms with Crippen LogP contribution < -0.4 is 5.73 Å². The number of rotatable bonds is 5. The Kier molecular flexibility index (Phi) is 5.25. The lowest BCUT2D eigenvalue weighted by Gasteiger charge is -2.43. The third-order valence-electron chi connectivity index (χ3n) is 4.64. The fourth-order valence-corrected chi connectivity index (χ4v) is 2.99. The number of likely N-dealkylation sites (tertiary alicyclic amines) is 1. The van der Waals surface area contributed by atoms with Gasteiger partial charge >= 0.3 is 0 Å². The van der Waals surface area contributed by atoms with Gasteiger partial charge in [0.2, 0.25) is 0 Å². The van der Waals surface area contributed by atoms with Crippen LogP contribution in [0.15, 0.2) is 5.16 Å². The average molecular weight is 241 g/mol. The molecule has 0 radical (unpaired) electrons. The molecule has 3 N–H and O–H groups in total. The molecule has 4 nitrogen and oxygen atoms in total. The van der Waals surface area contributed by atoms with Gasteiger partial charge in [0.1, 0.15) is 0 Å². The number of nitrogens with zero attached hydrogens (tertiary/aromatic N) is 2. The summed E-state index contributed by atoms with van der Waals surface area (Å²) in [6, 6.07) is 0.103. The highest BCUT2D eigenvalue weighted by Gasteiger charge is 2.34. The summed E-state index contributed by atoms with van der Waals surface area (Å²) < 4.78 is 0. The van der Waals surface area contributed by atoms with E-state index in [1.54, 1.807) is 0 Å². The van der Waals surface area contributed by atoms with Crippen molar-refractivity contribution >= 4 is 5.84 Å². The van der Waals surface area contributed by atoms with E-state index < -0.39 is 0 Å². The maximum absolute atomic E-state index is 8.80. The summed E-state index contributed by atoms with van der Waals surface area (Å²) in [7, 11) is 0. The lowest BCUT2D eigenvalue weighted by atomic mass is 9.74. The highest BCUT2D eigenvalue weighted by molar-refractivity contribution is 5.85. The van der Waals surface area contributed by atoms with Crippen LogP contribution in [0.4, 0.5) is 0 Å². The van der Waals surface area contributed by atoms with Gasteiger partial charge in [-0.3, -0.25) is 4.90 Å². The second-order valence-electron chi connectivity index (χ2n) is 5.19. The number of hydrogen-bond donors (Lipinski definition) is 2. The van der Waals surface area contributed by atoms with Crippen LogP contribution in [-0.4, -0.2) is 35.1 Å². The molecule has 0 saturated carbocycles. The summed E-state index contributed by atoms with van der Waals surface area (Å²) in [6.45, 7) is 8.80. The normalized spacial score (nSPS) is 23.6. The molecule has 100 valence electrons. The number of hydrogen-bond acceptors (Lipinski definition) is 3. The molecule has 1 aliphatic heterocycles. The Morgan fingerprint density at radius 1 is 1.29 bits per heavy atom. The van der Waals surface area contributed by atoms with Crippen LogP contribution in [-0.2, 0) is 0 Å². The van der Waals surface area contributed by atoms with Crippen molar-refractivity contribution in [2.24, 2.45) is 16.3 Å². The van der Waals surface area contributed by atoms with Crippen LogP contribution in [0.5, 0.6) is 0 Å². The van der Waals surface area contributed by atoms with Crippen LogP contribution in [0, 0.1) is 5.41 Å². The molecular weight excluding hydrogens is 214 g/mol. The molecule has 1 saturated heterocycles. The van der Waals surface area contributed by atoms with E-state index in [0.717, 1.165) is 19.5 Å². The molecule has 1 fully saturated rings. The molecular formula is C13H27N3O. The molecule has 1 heterocycles. The fourth-order valence-electron chi connectivity index (χ4n) is 2.99. The topological polar surface area (TPSA) is 61.9 Å². The van der Waals surface area contributed by atoms with E-state index in [1.807, 2.05) is 0 Å². The van der Waals surface area contributed by atoms with Crippen molar-refractivity contribution in [3.63, 3.8) is 0 Å². The SMILES string of the molecule is CCC(C(N)=NO)N1CCC(CC)(CC)CC1. The van der Waals surface area contributed by atoms with Crippen molar-refractivity contribution in [3.8, 4) is 0 Å². The highest BCUT2D eigenvalue weighted by Crippen LogP contribution is 2.38. The van der Waals surface area contributed by atoms with E-state index in [1.165, 1.54) is 25.7 Å². The van der Waals surface area contributed by atoms with Crippen molar-refractivity contribution in [1.82, 2.24) is 4.90 Å². The van der Waals surface area contributed by atoms with Crippen molar-refractivity contribution < 1.29 is 5.21 Å². The average Bonchev–Trinajstić information content (AvgIpc) is 2.40. The molecule has 0 spiro atoms. The Labute approximate surface area is 105 Å². The van der Waals surface area contributed by atoms with Gasteiger partial charge in [-0.15, -0.1) is 0 Å². The monoisotopic (exact) mass is 241 g/mol. The first-order chi connectivity index (χ1) is 8.12. The van der Waals surface area contributed by atoms with Gasteiger partial charge in [0.25, 0.3) is 0 Å². The molecule has 0 aliphatic carbocycles. The Morgan fingerprint density at radius 3 is 2.18 bits per heavy atom. The van der Waals surface area contributed by atoms with Crippen molar-refractivity contribution in [2.75, 3.05) is 13.1 Å². The van der Waals surface area contributed by atoms with Gasteiger partial charge < -0.3 is 10.9 Å². The third kappa shape index (κ3) is 3.12. The molecule has 1 unspecified atom stereocenters. The zero-order valence-electron chi connectivity index (χ0n) is 11.4. The summed E-state index contributed by atoms with van der Waals surface area (Å²) in [4.78, 5) is 2.36. The number of oxime groups is 1. The summed E-state index contributed by atoms with van der Waals surface area (Å²) in [5, 5.41) is 12.0. The maximum Gasteiger partial charge on any atom is 0.156 e. The molecule has 0 aromatic rings. The van der Waals surface area contributed by atoms with E-state index in [9.17, 15) is 0 Å². The van der Waals surface area contributed by atoms with E-state index >= 15 is 0 Å². The minimum absolute atomic E-state index is 0.103. The number of nitrogens with two attached hydrogens (primary N) is 1. The van der Waals surface area contributed by atoms with E-state index in [2.05, 4.69) is 30.8 Å². The largest absolute Gasteiger partial charge is 0.409 e. The van der Waals surface area contributed by atoms with Gasteiger partial charge in [-0.1, -0.05) is 38.8 Å². The van der Waals surface area contributed by atoms with Gasteiger partial charge in [-0.05, 0) is 37.8 Å². The quantitative estimate of drug-likeness (QED) is 0.336. The molecule has 0 aromatic carbocycles. The summed E-state index contributed by atoms with van der Waals surface area (Å²) in [5.41, 5.74) is 6.28. The van der Waals surface area contributed by atoms with E-state index in [0.29, 0.717) is 11.3 Å². The second-order valence-corrected chi connectivity index (χ2v) is 5.19. The number of piperidine rings is 1. The van der Waals surface area contributed by atoms with Crippen molar-refractivity contribution in [3.05, 3.63) is 0 Å². The Balaban J connectivity index is 2.61. The molecule has 1 atom stereocenters. The van der Waals surface area contributed by atoms with E-state index in [4.69, 9.17) is 10.9 Å². The maximum atomic E-state index is 8.80. The Bertz CT molecular complexity index is 251. The van der Waals surface area contributed by atoms with Crippen LogP contribution in [0.1, 0.15) is 52.9 Å². The standard InChI is InChI=1S/C13H27N3O/c1-4-11(12(14)15-17)16-9-7-13(5-2,6-3)8-10-16/h11,17H,4-10H2,1-3H3,(H2,14,15). The molecule has 1 aliphatic rings. The third-order valence-corrected chi connectivity index (χ3v) is 4.64. The molecule has 0 bridgehead atoms. The first kappa shape index (κ1) is 14.3. The molecule has 4 heteroatoms. The molecule has 0 amide bonds. The second kappa shape index (κ2) is 6.24. The number of amidine groups is 1. The van der Waals surface area contributed by atoms with E-state index in [-0.39, 0.29) is 6.04 Å². The zero-order valence-corrected chi connectivity index (χ0v) is 11.4. The van der Waals surface area contributed by atoms with Gasteiger partial charge in [0.05, 0.1) is 6.04 Å². The predicted molar refractivity (Wildman–Crippen MR) is 71.3 cm³/mol. The lowest BCUT2D eigenvalue weighted by Crippen LogP contribution is -2.50. The minimum Gasteiger partial charge on any atom is -0.409 e. The lowest BCUT2D eigenvalue weighted by molar-refractivity contribution is 0.0812. The van der Waals surface area contributed by atoms with Crippen molar-refractivity contribution in [1.29, 1.82) is 0 Å². The predicted octanol–water partition coefficient (Wildman–Crippen LogP) is 2.41.